The Kier molecular flexibility index (Phi) is 4.55. The molecule has 1 aromatic rings. The number of aromatic nitrogens is 2. The van der Waals surface area contributed by atoms with Crippen LogP contribution in [0.3, 0.4) is 0 Å². The maximum Gasteiger partial charge on any atom is 0.240 e. The molecule has 3 rings (SSSR count). The van der Waals surface area contributed by atoms with Gasteiger partial charge in [-0.2, -0.15) is 5.10 Å². The molecule has 1 aromatic heterocycles. The number of amides is 1. The van der Waals surface area contributed by atoms with Crippen molar-refractivity contribution in [1.29, 1.82) is 0 Å². The van der Waals surface area contributed by atoms with E-state index in [0.717, 1.165) is 52.0 Å². The second-order valence-corrected chi connectivity index (χ2v) is 5.91. The summed E-state index contributed by atoms with van der Waals surface area (Å²) in [6.07, 6.45) is 7.00. The normalized spacial score (nSPS) is 26.6. The predicted octanol–water partition coefficient (Wildman–Crippen LogP) is 0.595. The van der Waals surface area contributed by atoms with E-state index in [0.29, 0.717) is 0 Å². The Hall–Kier alpha value is -1.40. The Bertz CT molecular complexity index is 456. The first kappa shape index (κ1) is 14.5. The van der Waals surface area contributed by atoms with Crippen LogP contribution in [0.1, 0.15) is 19.3 Å². The van der Waals surface area contributed by atoms with Crippen molar-refractivity contribution < 1.29 is 9.53 Å². The van der Waals surface area contributed by atoms with Crippen molar-refractivity contribution in [2.24, 2.45) is 0 Å². The summed E-state index contributed by atoms with van der Waals surface area (Å²) in [6.45, 7) is 4.32. The SMILES string of the molecule is CO[C@H]1C[C@@H](C(=O)N2CCCC2)N(CCn2cccn2)C1. The monoisotopic (exact) mass is 292 g/mol. The first-order chi connectivity index (χ1) is 10.3. The third-order valence-corrected chi connectivity index (χ3v) is 4.58. The number of nitrogens with zero attached hydrogens (tertiary/aromatic N) is 4. The largest absolute Gasteiger partial charge is 0.380 e. The van der Waals surface area contributed by atoms with Crippen LogP contribution >= 0.6 is 0 Å². The lowest BCUT2D eigenvalue weighted by Gasteiger charge is -2.27. The van der Waals surface area contributed by atoms with E-state index in [9.17, 15) is 4.79 Å². The molecule has 21 heavy (non-hydrogen) atoms. The van der Waals surface area contributed by atoms with Gasteiger partial charge in [0.2, 0.25) is 5.91 Å². The quantitative estimate of drug-likeness (QED) is 0.797. The highest BCUT2D eigenvalue weighted by atomic mass is 16.5. The smallest absolute Gasteiger partial charge is 0.240 e. The number of carbonyl (C=O) groups excluding carboxylic acids is 1. The first-order valence-electron chi connectivity index (χ1n) is 7.81. The van der Waals surface area contributed by atoms with Crippen molar-refractivity contribution in [3.8, 4) is 0 Å². The fourth-order valence-corrected chi connectivity index (χ4v) is 3.35. The van der Waals surface area contributed by atoms with Crippen molar-refractivity contribution in [3.05, 3.63) is 18.5 Å². The first-order valence-corrected chi connectivity index (χ1v) is 7.81. The maximum atomic E-state index is 12.7. The van der Waals surface area contributed by atoms with E-state index in [1.54, 1.807) is 13.3 Å². The van der Waals surface area contributed by atoms with Gasteiger partial charge in [0.1, 0.15) is 0 Å². The molecule has 2 aliphatic rings. The van der Waals surface area contributed by atoms with Gasteiger partial charge in [0.15, 0.2) is 0 Å². The number of rotatable bonds is 5. The standard InChI is InChI=1S/C15H24N4O2/c1-21-13-11-14(15(20)17-6-2-3-7-17)18(12-13)9-10-19-8-4-5-16-19/h4-5,8,13-14H,2-3,6-7,9-12H2,1H3/t13-,14-/m0/s1. The van der Waals surface area contributed by atoms with Crippen molar-refractivity contribution in [1.82, 2.24) is 19.6 Å². The molecular formula is C15H24N4O2. The highest BCUT2D eigenvalue weighted by Gasteiger charge is 2.39. The lowest BCUT2D eigenvalue weighted by molar-refractivity contribution is -0.135. The fraction of sp³-hybridized carbons (Fsp3) is 0.733. The van der Waals surface area contributed by atoms with Crippen LogP contribution in [-0.4, -0.2) is 70.9 Å². The van der Waals surface area contributed by atoms with Crippen LogP contribution in [0.4, 0.5) is 0 Å². The van der Waals surface area contributed by atoms with Crippen LogP contribution in [0.2, 0.25) is 0 Å². The number of likely N-dealkylation sites (tertiary alicyclic amines) is 2. The third-order valence-electron chi connectivity index (χ3n) is 4.58. The highest BCUT2D eigenvalue weighted by Crippen LogP contribution is 2.23. The highest BCUT2D eigenvalue weighted by molar-refractivity contribution is 5.82. The molecule has 3 heterocycles. The summed E-state index contributed by atoms with van der Waals surface area (Å²) in [4.78, 5) is 17.0. The zero-order valence-electron chi connectivity index (χ0n) is 12.6. The number of ether oxygens (including phenoxy) is 1. The number of carbonyl (C=O) groups is 1. The molecule has 0 aliphatic carbocycles. The number of methoxy groups -OCH3 is 1. The minimum absolute atomic E-state index is 0.0244. The average Bonchev–Trinajstić information content (AvgIpc) is 3.24. The zero-order chi connectivity index (χ0) is 14.7. The van der Waals surface area contributed by atoms with E-state index in [1.807, 2.05) is 21.8 Å². The molecule has 6 nitrogen and oxygen atoms in total. The molecule has 0 bridgehead atoms. The molecule has 2 atom stereocenters. The average molecular weight is 292 g/mol. The van der Waals surface area contributed by atoms with Gasteiger partial charge >= 0.3 is 0 Å². The molecular weight excluding hydrogens is 268 g/mol. The van der Waals surface area contributed by atoms with Crippen molar-refractivity contribution in [3.63, 3.8) is 0 Å². The molecule has 0 N–H and O–H groups in total. The molecule has 0 unspecified atom stereocenters. The minimum Gasteiger partial charge on any atom is -0.380 e. The van der Waals surface area contributed by atoms with Gasteiger partial charge in [-0.1, -0.05) is 0 Å². The zero-order valence-corrected chi connectivity index (χ0v) is 12.6. The van der Waals surface area contributed by atoms with Gasteiger partial charge in [0, 0.05) is 45.7 Å². The molecule has 0 aromatic carbocycles. The molecule has 2 fully saturated rings. The molecule has 2 saturated heterocycles. The van der Waals surface area contributed by atoms with E-state index in [2.05, 4.69) is 10.00 Å². The summed E-state index contributed by atoms with van der Waals surface area (Å²) >= 11 is 0. The summed E-state index contributed by atoms with van der Waals surface area (Å²) in [5.74, 6) is 0.285. The summed E-state index contributed by atoms with van der Waals surface area (Å²) in [5.41, 5.74) is 0. The second kappa shape index (κ2) is 6.58. The van der Waals surface area contributed by atoms with Crippen LogP contribution in [0.25, 0.3) is 0 Å². The van der Waals surface area contributed by atoms with Crippen LogP contribution in [0.5, 0.6) is 0 Å². The Labute approximate surface area is 125 Å². The Morgan fingerprint density at radius 2 is 2.14 bits per heavy atom. The van der Waals surface area contributed by atoms with Crippen LogP contribution in [0, 0.1) is 0 Å². The van der Waals surface area contributed by atoms with Gasteiger partial charge in [-0.05, 0) is 25.3 Å². The maximum absolute atomic E-state index is 12.7. The second-order valence-electron chi connectivity index (χ2n) is 5.91. The van der Waals surface area contributed by atoms with E-state index in [4.69, 9.17) is 4.74 Å². The molecule has 1 amide bonds. The molecule has 2 aliphatic heterocycles. The topological polar surface area (TPSA) is 50.6 Å². The van der Waals surface area contributed by atoms with Gasteiger partial charge in [0.25, 0.3) is 0 Å². The molecule has 0 saturated carbocycles. The van der Waals surface area contributed by atoms with Crippen molar-refractivity contribution >= 4 is 5.91 Å². The summed E-state index contributed by atoms with van der Waals surface area (Å²) in [6, 6.07) is 1.90. The fourth-order valence-electron chi connectivity index (χ4n) is 3.35. The van der Waals surface area contributed by atoms with Crippen LogP contribution in [-0.2, 0) is 16.1 Å². The number of hydrogen-bond donors (Lipinski definition) is 0. The number of hydrogen-bond acceptors (Lipinski definition) is 4. The lowest BCUT2D eigenvalue weighted by Crippen LogP contribution is -2.45. The summed E-state index contributed by atoms with van der Waals surface area (Å²) < 4.78 is 7.40. The summed E-state index contributed by atoms with van der Waals surface area (Å²) in [7, 11) is 1.74. The Morgan fingerprint density at radius 1 is 1.33 bits per heavy atom. The van der Waals surface area contributed by atoms with Gasteiger partial charge in [-0.15, -0.1) is 0 Å². The van der Waals surface area contributed by atoms with Gasteiger partial charge in [0.05, 0.1) is 18.7 Å². The van der Waals surface area contributed by atoms with E-state index >= 15 is 0 Å². The Morgan fingerprint density at radius 3 is 2.81 bits per heavy atom. The molecule has 116 valence electrons. The van der Waals surface area contributed by atoms with E-state index in [1.165, 1.54) is 0 Å². The minimum atomic E-state index is -0.0244. The molecule has 0 radical (unpaired) electrons. The van der Waals surface area contributed by atoms with Crippen molar-refractivity contribution in [2.45, 2.75) is 38.0 Å². The van der Waals surface area contributed by atoms with E-state index < -0.39 is 0 Å². The van der Waals surface area contributed by atoms with Crippen LogP contribution < -0.4 is 0 Å². The van der Waals surface area contributed by atoms with Crippen LogP contribution in [0.15, 0.2) is 18.5 Å². The predicted molar refractivity (Wildman–Crippen MR) is 78.8 cm³/mol. The lowest BCUT2D eigenvalue weighted by atomic mass is 10.1. The van der Waals surface area contributed by atoms with Gasteiger partial charge in [-0.25, -0.2) is 0 Å². The van der Waals surface area contributed by atoms with Gasteiger partial charge in [-0.3, -0.25) is 14.4 Å². The van der Waals surface area contributed by atoms with Crippen molar-refractivity contribution in [2.75, 3.05) is 33.3 Å². The third kappa shape index (κ3) is 3.27. The summed E-state index contributed by atoms with van der Waals surface area (Å²) in [5, 5.41) is 4.23. The van der Waals surface area contributed by atoms with E-state index in [-0.39, 0.29) is 18.1 Å². The molecule has 0 spiro atoms. The Balaban J connectivity index is 1.62. The molecule has 6 heteroatoms. The van der Waals surface area contributed by atoms with Gasteiger partial charge < -0.3 is 9.64 Å².